The Morgan fingerprint density at radius 3 is 2.85 bits per heavy atom. The average molecular weight is 308 g/mol. The molecule has 0 radical (unpaired) electrons. The molecule has 1 saturated heterocycles. The molecule has 0 spiro atoms. The average Bonchev–Trinajstić information content (AvgIpc) is 2.99. The van der Waals surface area contributed by atoms with Crippen molar-refractivity contribution in [1.29, 1.82) is 0 Å². The molecule has 1 aromatic heterocycles. The van der Waals surface area contributed by atoms with E-state index < -0.39 is 11.9 Å². The summed E-state index contributed by atoms with van der Waals surface area (Å²) in [5.74, 6) is 0. The lowest BCUT2D eigenvalue weighted by Crippen LogP contribution is -2.17. The summed E-state index contributed by atoms with van der Waals surface area (Å²) in [5.41, 5.74) is -0.737. The van der Waals surface area contributed by atoms with Crippen LogP contribution in [0.25, 0.3) is 0 Å². The Labute approximate surface area is 120 Å². The van der Waals surface area contributed by atoms with Crippen molar-refractivity contribution in [3.05, 3.63) is 15.6 Å². The third-order valence-corrected chi connectivity index (χ3v) is 4.23. The molecule has 20 heavy (non-hydrogen) atoms. The van der Waals surface area contributed by atoms with Crippen LogP contribution in [0.2, 0.25) is 0 Å². The highest BCUT2D eigenvalue weighted by Gasteiger charge is 2.37. The zero-order valence-electron chi connectivity index (χ0n) is 11.4. The van der Waals surface area contributed by atoms with E-state index in [-0.39, 0.29) is 17.5 Å². The Bertz CT molecular complexity index is 428. The Hall–Kier alpha value is -0.660. The highest BCUT2D eigenvalue weighted by atomic mass is 32.1. The second-order valence-electron chi connectivity index (χ2n) is 4.89. The summed E-state index contributed by atoms with van der Waals surface area (Å²) in [5, 5.41) is 3.54. The van der Waals surface area contributed by atoms with Crippen molar-refractivity contribution in [3.63, 3.8) is 0 Å². The first-order valence-corrected chi connectivity index (χ1v) is 7.70. The first-order valence-electron chi connectivity index (χ1n) is 6.88. The van der Waals surface area contributed by atoms with Gasteiger partial charge in [-0.1, -0.05) is 6.92 Å². The lowest BCUT2D eigenvalue weighted by molar-refractivity contribution is -0.141. The molecule has 0 saturated carbocycles. The van der Waals surface area contributed by atoms with Crippen LogP contribution < -0.4 is 5.32 Å². The molecule has 7 heteroatoms. The molecular weight excluding hydrogens is 289 g/mol. The first-order chi connectivity index (χ1) is 9.50. The first kappa shape index (κ1) is 15.7. The largest absolute Gasteiger partial charge is 0.434 e. The maximum Gasteiger partial charge on any atom is 0.434 e. The summed E-state index contributed by atoms with van der Waals surface area (Å²) >= 11 is 1.15. The van der Waals surface area contributed by atoms with Crippen LogP contribution in [0.15, 0.2) is 0 Å². The van der Waals surface area contributed by atoms with Crippen LogP contribution >= 0.6 is 11.3 Å². The van der Waals surface area contributed by atoms with Gasteiger partial charge in [0.1, 0.15) is 0 Å². The standard InChI is InChI=1S/C13H19F3N2OS/c1-2-5-17-8-10-12(13(14,15)16)18-11(20-10)7-9-4-3-6-19-9/h9,17H,2-8H2,1H3. The van der Waals surface area contributed by atoms with Gasteiger partial charge in [-0.25, -0.2) is 4.98 Å². The van der Waals surface area contributed by atoms with Gasteiger partial charge < -0.3 is 10.1 Å². The van der Waals surface area contributed by atoms with E-state index in [1.54, 1.807) is 0 Å². The minimum atomic E-state index is -4.38. The smallest absolute Gasteiger partial charge is 0.378 e. The number of nitrogens with one attached hydrogen (secondary N) is 1. The predicted molar refractivity (Wildman–Crippen MR) is 71.8 cm³/mol. The van der Waals surface area contributed by atoms with Gasteiger partial charge >= 0.3 is 6.18 Å². The number of alkyl halides is 3. The van der Waals surface area contributed by atoms with Gasteiger partial charge in [0.2, 0.25) is 0 Å². The Morgan fingerprint density at radius 1 is 1.45 bits per heavy atom. The molecule has 0 amide bonds. The molecule has 0 aliphatic carbocycles. The van der Waals surface area contributed by atoms with E-state index in [1.165, 1.54) is 0 Å². The van der Waals surface area contributed by atoms with Gasteiger partial charge in [0.25, 0.3) is 0 Å². The lowest BCUT2D eigenvalue weighted by atomic mass is 10.2. The van der Waals surface area contributed by atoms with E-state index in [0.717, 1.165) is 30.6 Å². The molecule has 2 rings (SSSR count). The number of aromatic nitrogens is 1. The van der Waals surface area contributed by atoms with Crippen LogP contribution in [0, 0.1) is 0 Å². The summed E-state index contributed by atoms with van der Waals surface area (Å²) in [6, 6.07) is 0. The number of hydrogen-bond donors (Lipinski definition) is 1. The molecule has 114 valence electrons. The van der Waals surface area contributed by atoms with Gasteiger partial charge in [0, 0.05) is 19.6 Å². The minimum Gasteiger partial charge on any atom is -0.378 e. The molecule has 1 atom stereocenters. The molecule has 1 fully saturated rings. The number of halogens is 3. The van der Waals surface area contributed by atoms with Gasteiger partial charge in [-0.2, -0.15) is 13.2 Å². The number of hydrogen-bond acceptors (Lipinski definition) is 4. The monoisotopic (exact) mass is 308 g/mol. The fourth-order valence-electron chi connectivity index (χ4n) is 2.21. The molecule has 1 N–H and O–H groups in total. The Morgan fingerprint density at radius 2 is 2.25 bits per heavy atom. The highest BCUT2D eigenvalue weighted by molar-refractivity contribution is 7.11. The zero-order valence-corrected chi connectivity index (χ0v) is 12.2. The summed E-state index contributed by atoms with van der Waals surface area (Å²) in [6.07, 6.45) is -1.09. The zero-order chi connectivity index (χ0) is 14.6. The Balaban J connectivity index is 2.08. The highest BCUT2D eigenvalue weighted by Crippen LogP contribution is 2.35. The van der Waals surface area contributed by atoms with Gasteiger partial charge in [0.15, 0.2) is 5.69 Å². The van der Waals surface area contributed by atoms with Crippen molar-refractivity contribution in [2.45, 2.75) is 51.4 Å². The fraction of sp³-hybridized carbons (Fsp3) is 0.769. The van der Waals surface area contributed by atoms with Crippen molar-refractivity contribution < 1.29 is 17.9 Å². The lowest BCUT2D eigenvalue weighted by Gasteiger charge is -2.06. The molecule has 1 aromatic rings. The molecule has 0 aromatic carbocycles. The van der Waals surface area contributed by atoms with Gasteiger partial charge in [-0.3, -0.25) is 0 Å². The van der Waals surface area contributed by atoms with Gasteiger partial charge in [0.05, 0.1) is 16.0 Å². The van der Waals surface area contributed by atoms with Crippen molar-refractivity contribution in [2.75, 3.05) is 13.2 Å². The molecule has 1 aliphatic heterocycles. The second-order valence-corrected chi connectivity index (χ2v) is 6.06. The van der Waals surface area contributed by atoms with E-state index in [1.807, 2.05) is 6.92 Å². The quantitative estimate of drug-likeness (QED) is 0.818. The van der Waals surface area contributed by atoms with Gasteiger partial charge in [-0.15, -0.1) is 11.3 Å². The second kappa shape index (κ2) is 6.87. The maximum atomic E-state index is 13.0. The van der Waals surface area contributed by atoms with E-state index >= 15 is 0 Å². The van der Waals surface area contributed by atoms with E-state index in [4.69, 9.17) is 4.74 Å². The number of thiazole rings is 1. The van der Waals surface area contributed by atoms with Crippen LogP contribution in [0.4, 0.5) is 13.2 Å². The fourth-order valence-corrected chi connectivity index (χ4v) is 3.33. The van der Waals surface area contributed by atoms with Crippen LogP contribution in [-0.4, -0.2) is 24.2 Å². The van der Waals surface area contributed by atoms with Crippen molar-refractivity contribution >= 4 is 11.3 Å². The maximum absolute atomic E-state index is 13.0. The summed E-state index contributed by atoms with van der Waals surface area (Å²) in [4.78, 5) is 4.07. The normalized spacial score (nSPS) is 19.7. The molecule has 1 aliphatic rings. The molecular formula is C13H19F3N2OS. The predicted octanol–water partition coefficient (Wildman–Crippen LogP) is 3.38. The van der Waals surface area contributed by atoms with E-state index in [0.29, 0.717) is 24.6 Å². The number of rotatable bonds is 6. The number of nitrogens with zero attached hydrogens (tertiary/aromatic N) is 1. The van der Waals surface area contributed by atoms with Crippen LogP contribution in [0.1, 0.15) is 41.8 Å². The van der Waals surface area contributed by atoms with Crippen molar-refractivity contribution in [1.82, 2.24) is 10.3 Å². The van der Waals surface area contributed by atoms with Crippen molar-refractivity contribution in [2.24, 2.45) is 0 Å². The summed E-state index contributed by atoms with van der Waals surface area (Å²) < 4.78 is 44.4. The summed E-state index contributed by atoms with van der Waals surface area (Å²) in [6.45, 7) is 3.61. The van der Waals surface area contributed by atoms with E-state index in [2.05, 4.69) is 10.3 Å². The third-order valence-electron chi connectivity index (χ3n) is 3.15. The minimum absolute atomic E-state index is 0.0266. The van der Waals surface area contributed by atoms with Crippen molar-refractivity contribution in [3.8, 4) is 0 Å². The van der Waals surface area contributed by atoms with E-state index in [9.17, 15) is 13.2 Å². The van der Waals surface area contributed by atoms with Crippen LogP contribution in [-0.2, 0) is 23.9 Å². The molecule has 3 nitrogen and oxygen atoms in total. The van der Waals surface area contributed by atoms with Crippen LogP contribution in [0.5, 0.6) is 0 Å². The molecule has 0 bridgehead atoms. The van der Waals surface area contributed by atoms with Gasteiger partial charge in [-0.05, 0) is 25.8 Å². The van der Waals surface area contributed by atoms with Crippen LogP contribution in [0.3, 0.4) is 0 Å². The third kappa shape index (κ3) is 4.17. The molecule has 2 heterocycles. The topological polar surface area (TPSA) is 34.1 Å². The SMILES string of the molecule is CCCNCc1sc(CC2CCCO2)nc1C(F)(F)F. The molecule has 1 unspecified atom stereocenters. The summed E-state index contributed by atoms with van der Waals surface area (Å²) in [7, 11) is 0. The Kier molecular flexibility index (Phi) is 5.40. The number of ether oxygens (including phenoxy) is 1.